The van der Waals surface area contributed by atoms with E-state index in [1.165, 1.54) is 12.1 Å². The van der Waals surface area contributed by atoms with E-state index < -0.39 is 11.7 Å². The summed E-state index contributed by atoms with van der Waals surface area (Å²) in [5.74, 6) is -0.227. The van der Waals surface area contributed by atoms with E-state index in [1.54, 1.807) is 0 Å². The molecule has 2 nitrogen and oxygen atoms in total. The number of ether oxygens (including phenoxy) is 1. The lowest BCUT2D eigenvalue weighted by molar-refractivity contribution is -0.138. The van der Waals surface area contributed by atoms with Crippen LogP contribution in [0.5, 0.6) is 5.75 Å². The Morgan fingerprint density at radius 1 is 1.41 bits per heavy atom. The van der Waals surface area contributed by atoms with Crippen LogP contribution in [0.2, 0.25) is 0 Å². The van der Waals surface area contributed by atoms with E-state index >= 15 is 0 Å². The zero-order valence-corrected chi connectivity index (χ0v) is 10.4. The molecule has 0 fully saturated rings. The summed E-state index contributed by atoms with van der Waals surface area (Å²) in [6.45, 7) is 3.51. The first-order chi connectivity index (χ1) is 7.84. The number of rotatable bonds is 4. The first-order valence-electron chi connectivity index (χ1n) is 4.71. The lowest BCUT2D eigenvalue weighted by atomic mass is 10.1. The van der Waals surface area contributed by atoms with E-state index in [2.05, 4.69) is 22.5 Å². The molecular formula is C11H11BrF3NO. The molecule has 0 amide bonds. The number of alkyl halides is 3. The monoisotopic (exact) mass is 309 g/mol. The molecule has 0 saturated carbocycles. The van der Waals surface area contributed by atoms with Crippen molar-refractivity contribution in [3.05, 3.63) is 40.4 Å². The Balaban J connectivity index is 3.07. The van der Waals surface area contributed by atoms with Crippen molar-refractivity contribution in [3.63, 3.8) is 0 Å². The second-order valence-corrected chi connectivity index (χ2v) is 4.46. The molecular weight excluding hydrogens is 299 g/mol. The van der Waals surface area contributed by atoms with Crippen molar-refractivity contribution in [2.75, 3.05) is 6.61 Å². The summed E-state index contributed by atoms with van der Waals surface area (Å²) >= 11 is 3.01. The van der Waals surface area contributed by atoms with Gasteiger partial charge in [0, 0.05) is 11.0 Å². The minimum atomic E-state index is -4.46. The molecule has 1 aromatic carbocycles. The maximum Gasteiger partial charge on any atom is 0.419 e. The van der Waals surface area contributed by atoms with Crippen LogP contribution in [-0.4, -0.2) is 6.61 Å². The molecule has 0 aliphatic rings. The zero-order valence-electron chi connectivity index (χ0n) is 8.85. The average Bonchev–Trinajstić information content (AvgIpc) is 2.24. The third-order valence-corrected chi connectivity index (χ3v) is 2.20. The molecule has 1 aromatic rings. The third kappa shape index (κ3) is 4.05. The highest BCUT2D eigenvalue weighted by molar-refractivity contribution is 9.11. The summed E-state index contributed by atoms with van der Waals surface area (Å²) in [6.07, 6.45) is -4.46. The highest BCUT2D eigenvalue weighted by Crippen LogP contribution is 2.37. The van der Waals surface area contributed by atoms with Gasteiger partial charge in [-0.3, -0.25) is 0 Å². The standard InChI is InChI=1S/C11H11BrF3NO/c1-7(12)6-17-10-3-2-8(5-16)4-9(10)11(13,14)15/h2-4H,1,5-6,16H2. The Morgan fingerprint density at radius 3 is 2.53 bits per heavy atom. The van der Waals surface area contributed by atoms with Gasteiger partial charge in [-0.15, -0.1) is 0 Å². The van der Waals surface area contributed by atoms with E-state index in [4.69, 9.17) is 10.5 Å². The molecule has 2 N–H and O–H groups in total. The second-order valence-electron chi connectivity index (χ2n) is 3.34. The molecule has 0 atom stereocenters. The van der Waals surface area contributed by atoms with E-state index in [0.717, 1.165) is 6.07 Å². The third-order valence-electron chi connectivity index (χ3n) is 1.97. The second kappa shape index (κ2) is 5.55. The van der Waals surface area contributed by atoms with Gasteiger partial charge in [0.25, 0.3) is 0 Å². The molecule has 94 valence electrons. The van der Waals surface area contributed by atoms with Crippen LogP contribution in [-0.2, 0) is 12.7 Å². The van der Waals surface area contributed by atoms with Crippen LogP contribution in [0.4, 0.5) is 13.2 Å². The van der Waals surface area contributed by atoms with E-state index in [9.17, 15) is 13.2 Å². The lowest BCUT2D eigenvalue weighted by Crippen LogP contribution is -2.11. The molecule has 1 rings (SSSR count). The van der Waals surface area contributed by atoms with Gasteiger partial charge in [-0.2, -0.15) is 13.2 Å². The number of hydrogen-bond donors (Lipinski definition) is 1. The predicted molar refractivity (Wildman–Crippen MR) is 62.9 cm³/mol. The Bertz CT molecular complexity index is 418. The highest BCUT2D eigenvalue weighted by atomic mass is 79.9. The highest BCUT2D eigenvalue weighted by Gasteiger charge is 2.34. The van der Waals surface area contributed by atoms with Crippen LogP contribution >= 0.6 is 15.9 Å². The van der Waals surface area contributed by atoms with Crippen molar-refractivity contribution in [2.45, 2.75) is 12.7 Å². The van der Waals surface area contributed by atoms with Crippen LogP contribution in [0.25, 0.3) is 0 Å². The molecule has 17 heavy (non-hydrogen) atoms. The van der Waals surface area contributed by atoms with E-state index in [0.29, 0.717) is 10.0 Å². The van der Waals surface area contributed by atoms with Gasteiger partial charge in [-0.1, -0.05) is 28.6 Å². The summed E-state index contributed by atoms with van der Waals surface area (Å²) in [7, 11) is 0. The summed E-state index contributed by atoms with van der Waals surface area (Å²) in [5.41, 5.74) is 4.88. The molecule has 0 aromatic heterocycles. The first-order valence-corrected chi connectivity index (χ1v) is 5.50. The fraction of sp³-hybridized carbons (Fsp3) is 0.273. The first kappa shape index (κ1) is 14.1. The summed E-state index contributed by atoms with van der Waals surface area (Å²) in [4.78, 5) is 0. The van der Waals surface area contributed by atoms with Crippen LogP contribution in [0.1, 0.15) is 11.1 Å². The lowest BCUT2D eigenvalue weighted by Gasteiger charge is -2.14. The number of nitrogens with two attached hydrogens (primary N) is 1. The van der Waals surface area contributed by atoms with E-state index in [1.807, 2.05) is 0 Å². The van der Waals surface area contributed by atoms with Crippen LogP contribution in [0, 0.1) is 0 Å². The van der Waals surface area contributed by atoms with Crippen molar-refractivity contribution in [2.24, 2.45) is 5.73 Å². The van der Waals surface area contributed by atoms with Crippen molar-refractivity contribution < 1.29 is 17.9 Å². The SMILES string of the molecule is C=C(Br)COc1ccc(CN)cc1C(F)(F)F. The molecule has 0 bridgehead atoms. The van der Waals surface area contributed by atoms with Crippen molar-refractivity contribution in [1.82, 2.24) is 0 Å². The van der Waals surface area contributed by atoms with Crippen molar-refractivity contribution >= 4 is 15.9 Å². The van der Waals surface area contributed by atoms with Gasteiger partial charge in [0.1, 0.15) is 12.4 Å². The van der Waals surface area contributed by atoms with Gasteiger partial charge < -0.3 is 10.5 Å². The fourth-order valence-corrected chi connectivity index (χ4v) is 1.32. The van der Waals surface area contributed by atoms with E-state index in [-0.39, 0.29) is 18.9 Å². The van der Waals surface area contributed by atoms with Crippen LogP contribution in [0.3, 0.4) is 0 Å². The summed E-state index contributed by atoms with van der Waals surface area (Å²) in [6, 6.07) is 3.76. The van der Waals surface area contributed by atoms with Gasteiger partial charge in [0.15, 0.2) is 0 Å². The zero-order chi connectivity index (χ0) is 13.1. The fourth-order valence-electron chi connectivity index (χ4n) is 1.21. The van der Waals surface area contributed by atoms with Crippen molar-refractivity contribution in [3.8, 4) is 5.75 Å². The number of hydrogen-bond acceptors (Lipinski definition) is 2. The predicted octanol–water partition coefficient (Wildman–Crippen LogP) is 3.45. The molecule has 0 aliphatic carbocycles. The molecule has 6 heteroatoms. The largest absolute Gasteiger partial charge is 0.488 e. The number of halogens is 4. The molecule has 0 saturated heterocycles. The van der Waals surface area contributed by atoms with Crippen molar-refractivity contribution in [1.29, 1.82) is 0 Å². The molecule has 0 aliphatic heterocycles. The maximum atomic E-state index is 12.7. The van der Waals surface area contributed by atoms with Gasteiger partial charge in [-0.25, -0.2) is 0 Å². The minimum absolute atomic E-state index is 0.0228. The quantitative estimate of drug-likeness (QED) is 0.924. The van der Waals surface area contributed by atoms with Gasteiger partial charge in [0.05, 0.1) is 5.56 Å². The van der Waals surface area contributed by atoms with Crippen LogP contribution in [0.15, 0.2) is 29.3 Å². The summed E-state index contributed by atoms with van der Waals surface area (Å²) < 4.78 is 43.7. The van der Waals surface area contributed by atoms with Crippen LogP contribution < -0.4 is 10.5 Å². The molecule has 0 spiro atoms. The number of benzene rings is 1. The molecule has 0 unspecified atom stereocenters. The van der Waals surface area contributed by atoms with Gasteiger partial charge >= 0.3 is 6.18 Å². The van der Waals surface area contributed by atoms with Gasteiger partial charge in [-0.05, 0) is 17.7 Å². The summed E-state index contributed by atoms with van der Waals surface area (Å²) in [5, 5.41) is 0. The Morgan fingerprint density at radius 2 is 2.06 bits per heavy atom. The normalized spacial score (nSPS) is 11.4. The smallest absolute Gasteiger partial charge is 0.419 e. The van der Waals surface area contributed by atoms with Gasteiger partial charge in [0.2, 0.25) is 0 Å². The molecule has 0 heterocycles. The molecule has 0 radical (unpaired) electrons. The maximum absolute atomic E-state index is 12.7. The Kier molecular flexibility index (Phi) is 4.59. The topological polar surface area (TPSA) is 35.2 Å². The Hall–Kier alpha value is -1.01. The Labute approximate surface area is 105 Å². The average molecular weight is 310 g/mol. The minimum Gasteiger partial charge on any atom is -0.488 e.